The highest BCUT2D eigenvalue weighted by Gasteiger charge is 2.33. The summed E-state index contributed by atoms with van der Waals surface area (Å²) >= 11 is 6.38. The number of carbonyl (C=O) groups is 2. The normalized spacial score (nSPS) is 17.4. The van der Waals surface area contributed by atoms with Gasteiger partial charge in [0.15, 0.2) is 4.32 Å². The fourth-order valence-corrected chi connectivity index (χ4v) is 3.08. The van der Waals surface area contributed by atoms with Gasteiger partial charge in [-0.3, -0.25) is 4.79 Å². The van der Waals surface area contributed by atoms with Crippen molar-refractivity contribution in [2.75, 3.05) is 14.1 Å². The molecule has 5 nitrogen and oxygen atoms in total. The second-order valence-corrected chi connectivity index (χ2v) is 5.94. The van der Waals surface area contributed by atoms with Crippen molar-refractivity contribution in [3.63, 3.8) is 0 Å². The minimum absolute atomic E-state index is 0.174. The van der Waals surface area contributed by atoms with Crippen LogP contribution in [0.5, 0.6) is 0 Å². The smallest absolute Gasteiger partial charge is 0.335 e. The molecule has 1 heterocycles. The maximum atomic E-state index is 12.2. The van der Waals surface area contributed by atoms with E-state index in [0.29, 0.717) is 9.23 Å². The Morgan fingerprint density at radius 3 is 2.40 bits per heavy atom. The molecular weight excluding hydrogens is 296 g/mol. The molecule has 0 unspecified atom stereocenters. The van der Waals surface area contributed by atoms with E-state index in [4.69, 9.17) is 17.3 Å². The fourth-order valence-electron chi connectivity index (χ4n) is 1.68. The SMILES string of the molecule is CN(C)N1C(=O)C(=Cc2ccc(C(=O)O)cc2)SC1=S. The second kappa shape index (κ2) is 5.74. The predicted octanol–water partition coefficient (Wildman–Crippen LogP) is 2.06. The lowest BCUT2D eigenvalue weighted by Gasteiger charge is -2.21. The van der Waals surface area contributed by atoms with Crippen molar-refractivity contribution < 1.29 is 14.7 Å². The number of carbonyl (C=O) groups excluding carboxylic acids is 1. The first-order valence-corrected chi connectivity index (χ1v) is 6.91. The molecule has 0 radical (unpaired) electrons. The quantitative estimate of drug-likeness (QED) is 0.681. The summed E-state index contributed by atoms with van der Waals surface area (Å²) in [5, 5.41) is 11.9. The van der Waals surface area contributed by atoms with E-state index in [9.17, 15) is 9.59 Å². The lowest BCUT2D eigenvalue weighted by molar-refractivity contribution is -0.130. The summed E-state index contributed by atoms with van der Waals surface area (Å²) in [7, 11) is 3.49. The number of aromatic carboxylic acids is 1. The van der Waals surface area contributed by atoms with Gasteiger partial charge in [-0.2, -0.15) is 0 Å². The highest BCUT2D eigenvalue weighted by atomic mass is 32.2. The summed E-state index contributed by atoms with van der Waals surface area (Å²) < 4.78 is 0.480. The van der Waals surface area contributed by atoms with Crippen LogP contribution in [0.2, 0.25) is 0 Å². The van der Waals surface area contributed by atoms with Crippen molar-refractivity contribution >= 4 is 46.3 Å². The molecule has 1 amide bonds. The van der Waals surface area contributed by atoms with Crippen molar-refractivity contribution in [1.82, 2.24) is 10.0 Å². The minimum Gasteiger partial charge on any atom is -0.478 e. The Morgan fingerprint density at radius 1 is 1.35 bits per heavy atom. The maximum absolute atomic E-state index is 12.2. The molecule has 1 aliphatic rings. The van der Waals surface area contributed by atoms with Crippen LogP contribution >= 0.6 is 24.0 Å². The van der Waals surface area contributed by atoms with E-state index < -0.39 is 5.97 Å². The topological polar surface area (TPSA) is 60.9 Å². The van der Waals surface area contributed by atoms with Crippen LogP contribution in [-0.4, -0.2) is 45.4 Å². The number of rotatable bonds is 3. The average molecular weight is 308 g/mol. The molecule has 0 spiro atoms. The minimum atomic E-state index is -0.976. The zero-order valence-corrected chi connectivity index (χ0v) is 12.5. The molecule has 1 aliphatic heterocycles. The van der Waals surface area contributed by atoms with Crippen molar-refractivity contribution in [2.45, 2.75) is 0 Å². The third-order valence-electron chi connectivity index (χ3n) is 2.63. The molecule has 1 aromatic carbocycles. The molecule has 20 heavy (non-hydrogen) atoms. The molecule has 0 aromatic heterocycles. The van der Waals surface area contributed by atoms with Gasteiger partial charge in [-0.15, -0.1) is 0 Å². The van der Waals surface area contributed by atoms with Gasteiger partial charge in [0.05, 0.1) is 10.5 Å². The summed E-state index contributed by atoms with van der Waals surface area (Å²) in [6, 6.07) is 6.32. The van der Waals surface area contributed by atoms with Crippen LogP contribution in [0.15, 0.2) is 29.2 Å². The Hall–Kier alpha value is -1.70. The Labute approximate surface area is 125 Å². The lowest BCUT2D eigenvalue weighted by Crippen LogP contribution is -2.39. The van der Waals surface area contributed by atoms with E-state index in [1.54, 1.807) is 37.3 Å². The number of thioether (sulfide) groups is 1. The molecule has 2 rings (SSSR count). The third kappa shape index (κ3) is 2.90. The van der Waals surface area contributed by atoms with Crippen molar-refractivity contribution in [1.29, 1.82) is 0 Å². The van der Waals surface area contributed by atoms with Gasteiger partial charge in [-0.05, 0) is 23.8 Å². The molecule has 0 saturated carbocycles. The zero-order chi connectivity index (χ0) is 14.9. The Balaban J connectivity index is 2.26. The van der Waals surface area contributed by atoms with E-state index in [-0.39, 0.29) is 11.5 Å². The fraction of sp³-hybridized carbons (Fsp3) is 0.154. The number of benzene rings is 1. The molecule has 7 heteroatoms. The third-order valence-corrected chi connectivity index (χ3v) is 3.91. The number of carboxylic acids is 1. The average Bonchev–Trinajstić information content (AvgIpc) is 2.65. The summed E-state index contributed by atoms with van der Waals surface area (Å²) in [6.07, 6.45) is 1.70. The molecule has 1 aromatic rings. The molecule has 1 fully saturated rings. The summed E-state index contributed by atoms with van der Waals surface area (Å²) in [5.41, 5.74) is 0.970. The highest BCUT2D eigenvalue weighted by Crippen LogP contribution is 2.32. The van der Waals surface area contributed by atoms with Gasteiger partial charge in [-0.1, -0.05) is 36.1 Å². The van der Waals surface area contributed by atoms with Crippen LogP contribution in [0.3, 0.4) is 0 Å². The van der Waals surface area contributed by atoms with Crippen LogP contribution in [-0.2, 0) is 4.79 Å². The van der Waals surface area contributed by atoms with Gasteiger partial charge in [0.2, 0.25) is 0 Å². The van der Waals surface area contributed by atoms with E-state index in [2.05, 4.69) is 0 Å². The number of hydrogen-bond donors (Lipinski definition) is 1. The predicted molar refractivity (Wildman–Crippen MR) is 82.1 cm³/mol. The molecule has 0 bridgehead atoms. The largest absolute Gasteiger partial charge is 0.478 e. The van der Waals surface area contributed by atoms with Crippen LogP contribution in [0.25, 0.3) is 6.08 Å². The van der Waals surface area contributed by atoms with E-state index in [0.717, 1.165) is 5.56 Å². The highest BCUT2D eigenvalue weighted by molar-refractivity contribution is 8.26. The summed E-state index contributed by atoms with van der Waals surface area (Å²) in [5.74, 6) is -1.15. The number of amides is 1. The summed E-state index contributed by atoms with van der Waals surface area (Å²) in [4.78, 5) is 23.4. The van der Waals surface area contributed by atoms with Crippen LogP contribution in [0.1, 0.15) is 15.9 Å². The van der Waals surface area contributed by atoms with E-state index in [1.165, 1.54) is 28.9 Å². The second-order valence-electron chi connectivity index (χ2n) is 4.27. The number of hydrogen-bond acceptors (Lipinski definition) is 5. The number of hydrazine groups is 1. The van der Waals surface area contributed by atoms with E-state index >= 15 is 0 Å². The first-order valence-electron chi connectivity index (χ1n) is 5.68. The first-order chi connectivity index (χ1) is 9.40. The standard InChI is InChI=1S/C13H12N2O3S2/c1-14(2)15-11(16)10(20-13(15)19)7-8-3-5-9(6-4-8)12(17)18/h3-7H,1-2H3,(H,17,18). The van der Waals surface area contributed by atoms with E-state index in [1.807, 2.05) is 0 Å². The number of thiocarbonyl (C=S) groups is 1. The van der Waals surface area contributed by atoms with Gasteiger partial charge < -0.3 is 5.11 Å². The van der Waals surface area contributed by atoms with Gasteiger partial charge in [0.25, 0.3) is 5.91 Å². The Bertz CT molecular complexity index is 609. The molecule has 0 atom stereocenters. The molecule has 104 valence electrons. The first kappa shape index (κ1) is 14.7. The van der Waals surface area contributed by atoms with Crippen molar-refractivity contribution in [2.24, 2.45) is 0 Å². The summed E-state index contributed by atoms with van der Waals surface area (Å²) in [6.45, 7) is 0. The lowest BCUT2D eigenvalue weighted by atomic mass is 10.1. The van der Waals surface area contributed by atoms with Crippen LogP contribution in [0.4, 0.5) is 0 Å². The van der Waals surface area contributed by atoms with Crippen molar-refractivity contribution in [3.05, 3.63) is 40.3 Å². The molecule has 1 N–H and O–H groups in total. The van der Waals surface area contributed by atoms with Gasteiger partial charge in [0, 0.05) is 14.1 Å². The van der Waals surface area contributed by atoms with Gasteiger partial charge in [0.1, 0.15) is 0 Å². The molecule has 1 saturated heterocycles. The monoisotopic (exact) mass is 308 g/mol. The van der Waals surface area contributed by atoms with Crippen LogP contribution < -0.4 is 0 Å². The van der Waals surface area contributed by atoms with Gasteiger partial charge in [-0.25, -0.2) is 14.8 Å². The molecular formula is C13H12N2O3S2. The number of carboxylic acid groups (broad SMARTS) is 1. The van der Waals surface area contributed by atoms with Crippen molar-refractivity contribution in [3.8, 4) is 0 Å². The van der Waals surface area contributed by atoms with Gasteiger partial charge >= 0.3 is 5.97 Å². The van der Waals surface area contributed by atoms with Crippen LogP contribution in [0, 0.1) is 0 Å². The zero-order valence-electron chi connectivity index (χ0n) is 10.9. The Kier molecular flexibility index (Phi) is 4.22. The number of nitrogens with zero attached hydrogens (tertiary/aromatic N) is 2. The Morgan fingerprint density at radius 2 is 1.95 bits per heavy atom. The maximum Gasteiger partial charge on any atom is 0.335 e. The molecule has 0 aliphatic carbocycles.